The van der Waals surface area contributed by atoms with Crippen molar-refractivity contribution >= 4 is 16.9 Å². The van der Waals surface area contributed by atoms with E-state index >= 15 is 0 Å². The van der Waals surface area contributed by atoms with Gasteiger partial charge in [0.15, 0.2) is 5.69 Å². The SMILES string of the molecule is O=C(NC[C@H]1CCCO1)c1coc(Cn2cnc3ccccc32)n1. The summed E-state index contributed by atoms with van der Waals surface area (Å²) in [6, 6.07) is 7.84. The number of hydrogen-bond acceptors (Lipinski definition) is 5. The summed E-state index contributed by atoms with van der Waals surface area (Å²) >= 11 is 0. The number of fused-ring (bicyclic) bond motifs is 1. The summed E-state index contributed by atoms with van der Waals surface area (Å²) in [7, 11) is 0. The van der Waals surface area contributed by atoms with Crippen molar-refractivity contribution in [2.75, 3.05) is 13.2 Å². The third kappa shape index (κ3) is 3.03. The van der Waals surface area contributed by atoms with Crippen molar-refractivity contribution in [1.29, 1.82) is 0 Å². The Labute approximate surface area is 138 Å². The lowest BCUT2D eigenvalue weighted by molar-refractivity contribution is 0.0853. The minimum absolute atomic E-state index is 0.109. The average Bonchev–Trinajstić information content (AvgIpc) is 3.35. The van der Waals surface area contributed by atoms with Gasteiger partial charge in [-0.15, -0.1) is 0 Å². The molecule has 0 saturated carbocycles. The van der Waals surface area contributed by atoms with Crippen LogP contribution in [0.3, 0.4) is 0 Å². The number of para-hydroxylation sites is 2. The molecule has 7 nitrogen and oxygen atoms in total. The van der Waals surface area contributed by atoms with Crippen LogP contribution in [-0.2, 0) is 11.3 Å². The van der Waals surface area contributed by atoms with Crippen LogP contribution in [0.25, 0.3) is 11.0 Å². The fourth-order valence-corrected chi connectivity index (χ4v) is 2.87. The van der Waals surface area contributed by atoms with Gasteiger partial charge in [0.25, 0.3) is 5.91 Å². The van der Waals surface area contributed by atoms with Gasteiger partial charge in [-0.3, -0.25) is 4.79 Å². The van der Waals surface area contributed by atoms with Crippen molar-refractivity contribution < 1.29 is 13.9 Å². The predicted molar refractivity (Wildman–Crippen MR) is 86.6 cm³/mol. The molecular weight excluding hydrogens is 308 g/mol. The lowest BCUT2D eigenvalue weighted by Crippen LogP contribution is -2.31. The Hall–Kier alpha value is -2.67. The molecule has 0 bridgehead atoms. The highest BCUT2D eigenvalue weighted by Crippen LogP contribution is 2.14. The topological polar surface area (TPSA) is 82.2 Å². The quantitative estimate of drug-likeness (QED) is 0.775. The van der Waals surface area contributed by atoms with Crippen molar-refractivity contribution in [3.63, 3.8) is 0 Å². The third-order valence-corrected chi connectivity index (χ3v) is 4.13. The number of carbonyl (C=O) groups excluding carboxylic acids is 1. The monoisotopic (exact) mass is 326 g/mol. The average molecular weight is 326 g/mol. The Kier molecular flexibility index (Phi) is 4.00. The van der Waals surface area contributed by atoms with Crippen LogP contribution in [0.4, 0.5) is 0 Å². The van der Waals surface area contributed by atoms with E-state index in [4.69, 9.17) is 9.15 Å². The molecule has 0 radical (unpaired) electrons. The van der Waals surface area contributed by atoms with Crippen molar-refractivity contribution in [1.82, 2.24) is 19.9 Å². The van der Waals surface area contributed by atoms with Crippen LogP contribution in [0.1, 0.15) is 29.2 Å². The van der Waals surface area contributed by atoms with Gasteiger partial charge >= 0.3 is 0 Å². The molecule has 0 spiro atoms. The maximum Gasteiger partial charge on any atom is 0.273 e. The van der Waals surface area contributed by atoms with Gasteiger partial charge in [-0.1, -0.05) is 12.1 Å². The number of imidazole rings is 1. The molecule has 2 aromatic heterocycles. The largest absolute Gasteiger partial charge is 0.446 e. The van der Waals surface area contributed by atoms with Gasteiger partial charge in [0.2, 0.25) is 5.89 Å². The van der Waals surface area contributed by atoms with Gasteiger partial charge in [0, 0.05) is 13.2 Å². The zero-order valence-electron chi connectivity index (χ0n) is 13.1. The maximum absolute atomic E-state index is 12.1. The van der Waals surface area contributed by atoms with Gasteiger partial charge in [-0.05, 0) is 25.0 Å². The van der Waals surface area contributed by atoms with Crippen molar-refractivity contribution in [2.24, 2.45) is 0 Å². The fourth-order valence-electron chi connectivity index (χ4n) is 2.87. The van der Waals surface area contributed by atoms with Gasteiger partial charge in [-0.2, -0.15) is 0 Å². The molecule has 1 atom stereocenters. The Morgan fingerprint density at radius 1 is 1.38 bits per heavy atom. The van der Waals surface area contributed by atoms with Crippen LogP contribution >= 0.6 is 0 Å². The van der Waals surface area contributed by atoms with E-state index in [0.29, 0.717) is 19.0 Å². The predicted octanol–water partition coefficient (Wildman–Crippen LogP) is 1.98. The smallest absolute Gasteiger partial charge is 0.273 e. The molecular formula is C17H18N4O3. The summed E-state index contributed by atoms with van der Waals surface area (Å²) in [4.78, 5) is 20.7. The molecule has 0 unspecified atom stereocenters. The van der Waals surface area contributed by atoms with Gasteiger partial charge < -0.3 is 19.0 Å². The van der Waals surface area contributed by atoms with Crippen LogP contribution in [0.15, 0.2) is 41.3 Å². The highest BCUT2D eigenvalue weighted by Gasteiger charge is 2.18. The van der Waals surface area contributed by atoms with Crippen LogP contribution in [-0.4, -0.2) is 39.7 Å². The molecule has 3 aromatic rings. The van der Waals surface area contributed by atoms with Crippen molar-refractivity contribution in [3.8, 4) is 0 Å². The second-order valence-electron chi connectivity index (χ2n) is 5.83. The molecule has 24 heavy (non-hydrogen) atoms. The van der Waals surface area contributed by atoms with E-state index in [1.807, 2.05) is 28.8 Å². The molecule has 7 heteroatoms. The standard InChI is InChI=1S/C17H18N4O3/c22-17(18-8-12-4-3-7-23-12)14-10-24-16(20-14)9-21-11-19-13-5-1-2-6-15(13)21/h1-2,5-6,10-12H,3-4,7-9H2,(H,18,22)/t12-/m1/s1. The summed E-state index contributed by atoms with van der Waals surface area (Å²) in [5.41, 5.74) is 2.20. The van der Waals surface area contributed by atoms with Crippen LogP contribution in [0.5, 0.6) is 0 Å². The van der Waals surface area contributed by atoms with Gasteiger partial charge in [-0.25, -0.2) is 9.97 Å². The third-order valence-electron chi connectivity index (χ3n) is 4.13. The first kappa shape index (κ1) is 14.9. The van der Waals surface area contributed by atoms with E-state index < -0.39 is 0 Å². The van der Waals surface area contributed by atoms with E-state index in [1.54, 1.807) is 6.33 Å². The number of rotatable bonds is 5. The van der Waals surface area contributed by atoms with E-state index in [9.17, 15) is 4.79 Å². The fraction of sp³-hybridized carbons (Fsp3) is 0.353. The minimum atomic E-state index is -0.240. The van der Waals surface area contributed by atoms with Crippen LogP contribution in [0, 0.1) is 0 Å². The molecule has 4 rings (SSSR count). The normalized spacial score (nSPS) is 17.4. The second-order valence-corrected chi connectivity index (χ2v) is 5.83. The number of oxazole rings is 1. The summed E-state index contributed by atoms with van der Waals surface area (Å²) in [5.74, 6) is 0.233. The number of nitrogens with zero attached hydrogens (tertiary/aromatic N) is 3. The molecule has 1 aliphatic rings. The Morgan fingerprint density at radius 2 is 2.29 bits per heavy atom. The highest BCUT2D eigenvalue weighted by molar-refractivity contribution is 5.91. The zero-order chi connectivity index (χ0) is 16.4. The van der Waals surface area contributed by atoms with Gasteiger partial charge in [0.05, 0.1) is 23.5 Å². The first-order valence-corrected chi connectivity index (χ1v) is 8.04. The Bertz CT molecular complexity index is 848. The van der Waals surface area contributed by atoms with Crippen molar-refractivity contribution in [3.05, 3.63) is 48.4 Å². The van der Waals surface area contributed by atoms with E-state index in [1.165, 1.54) is 6.26 Å². The molecule has 3 heterocycles. The Morgan fingerprint density at radius 3 is 3.17 bits per heavy atom. The number of carbonyl (C=O) groups is 1. The van der Waals surface area contributed by atoms with Crippen LogP contribution in [0.2, 0.25) is 0 Å². The molecule has 1 saturated heterocycles. The molecule has 124 valence electrons. The molecule has 1 amide bonds. The number of nitrogens with one attached hydrogen (secondary N) is 1. The first-order chi connectivity index (χ1) is 11.8. The second kappa shape index (κ2) is 6.45. The molecule has 1 aliphatic heterocycles. The van der Waals surface area contributed by atoms with Gasteiger partial charge in [0.1, 0.15) is 12.8 Å². The summed E-state index contributed by atoms with van der Waals surface area (Å²) in [5, 5.41) is 2.84. The number of hydrogen-bond donors (Lipinski definition) is 1. The lowest BCUT2D eigenvalue weighted by atomic mass is 10.2. The molecule has 1 N–H and O–H groups in total. The first-order valence-electron chi connectivity index (χ1n) is 8.04. The zero-order valence-corrected chi connectivity index (χ0v) is 13.1. The number of amides is 1. The Balaban J connectivity index is 1.41. The highest BCUT2D eigenvalue weighted by atomic mass is 16.5. The van der Waals surface area contributed by atoms with E-state index in [2.05, 4.69) is 15.3 Å². The molecule has 1 aromatic carbocycles. The number of benzene rings is 1. The molecule has 0 aliphatic carbocycles. The van der Waals surface area contributed by atoms with E-state index in [-0.39, 0.29) is 17.7 Å². The molecule has 1 fully saturated rings. The van der Waals surface area contributed by atoms with Crippen LogP contribution < -0.4 is 5.32 Å². The summed E-state index contributed by atoms with van der Waals surface area (Å²) < 4.78 is 12.9. The van der Waals surface area contributed by atoms with Crippen molar-refractivity contribution in [2.45, 2.75) is 25.5 Å². The minimum Gasteiger partial charge on any atom is -0.446 e. The number of ether oxygens (including phenoxy) is 1. The summed E-state index contributed by atoms with van der Waals surface area (Å²) in [6.07, 6.45) is 5.27. The van der Waals surface area contributed by atoms with E-state index in [0.717, 1.165) is 30.5 Å². The maximum atomic E-state index is 12.1. The number of aromatic nitrogens is 3. The lowest BCUT2D eigenvalue weighted by Gasteiger charge is -2.09. The summed E-state index contributed by atoms with van der Waals surface area (Å²) in [6.45, 7) is 1.71.